The summed E-state index contributed by atoms with van der Waals surface area (Å²) in [6, 6.07) is 22.3. The third kappa shape index (κ3) is 5.95. The fraction of sp³-hybridized carbons (Fsp3) is 0.269. The number of anilines is 1. The summed E-state index contributed by atoms with van der Waals surface area (Å²) in [6.07, 6.45) is 1.81. The van der Waals surface area contributed by atoms with Gasteiger partial charge in [0.1, 0.15) is 23.7 Å². The molecular weight excluding hydrogens is 414 g/mol. The maximum Gasteiger partial charge on any atom is 0.247 e. The van der Waals surface area contributed by atoms with Crippen LogP contribution >= 0.6 is 0 Å². The number of carbonyl (C=O) groups is 1. The zero-order valence-electron chi connectivity index (χ0n) is 18.5. The fourth-order valence-electron chi connectivity index (χ4n) is 3.57. The van der Waals surface area contributed by atoms with Crippen LogP contribution in [-0.2, 0) is 4.79 Å². The van der Waals surface area contributed by atoms with Crippen molar-refractivity contribution in [3.8, 4) is 11.8 Å². The molecule has 3 N–H and O–H groups in total. The molecule has 7 nitrogen and oxygen atoms in total. The normalized spacial score (nSPS) is 15.0. The Morgan fingerprint density at radius 3 is 2.48 bits per heavy atom. The van der Waals surface area contributed by atoms with Crippen molar-refractivity contribution in [1.29, 1.82) is 5.26 Å². The molecule has 0 bridgehead atoms. The number of rotatable bonds is 9. The van der Waals surface area contributed by atoms with Crippen LogP contribution in [-0.4, -0.2) is 36.6 Å². The molecular formula is C26H27N5O2. The number of nitrogens with one attached hydrogen (secondary N) is 3. The number of hydrogen-bond acceptors (Lipinski definition) is 6. The maximum absolute atomic E-state index is 13.2. The predicted molar refractivity (Wildman–Crippen MR) is 127 cm³/mol. The number of hydrogen-bond donors (Lipinski definition) is 3. The van der Waals surface area contributed by atoms with Crippen LogP contribution in [0, 0.1) is 11.3 Å². The van der Waals surface area contributed by atoms with E-state index in [-0.39, 0.29) is 17.9 Å². The lowest BCUT2D eigenvalue weighted by Gasteiger charge is -2.27. The van der Waals surface area contributed by atoms with Crippen LogP contribution in [0.15, 0.2) is 72.9 Å². The second kappa shape index (κ2) is 10.7. The van der Waals surface area contributed by atoms with Crippen LogP contribution in [0.1, 0.15) is 35.6 Å². The van der Waals surface area contributed by atoms with Crippen molar-refractivity contribution < 1.29 is 9.53 Å². The van der Waals surface area contributed by atoms with Crippen molar-refractivity contribution in [3.63, 3.8) is 0 Å². The summed E-state index contributed by atoms with van der Waals surface area (Å²) in [5.74, 6) is 1.14. The molecule has 33 heavy (non-hydrogen) atoms. The lowest BCUT2D eigenvalue weighted by Crippen LogP contribution is -2.50. The second-order valence-electron chi connectivity index (χ2n) is 8.15. The largest absolute Gasteiger partial charge is 0.486 e. The van der Waals surface area contributed by atoms with Crippen LogP contribution in [0.5, 0.6) is 5.75 Å². The van der Waals surface area contributed by atoms with Gasteiger partial charge in [-0.1, -0.05) is 49.4 Å². The summed E-state index contributed by atoms with van der Waals surface area (Å²) < 4.78 is 5.78. The van der Waals surface area contributed by atoms with Gasteiger partial charge in [-0.25, -0.2) is 4.98 Å². The number of pyridine rings is 1. The lowest BCUT2D eigenvalue weighted by molar-refractivity contribution is -0.118. The Hall–Kier alpha value is -3.73. The molecule has 0 aliphatic carbocycles. The van der Waals surface area contributed by atoms with E-state index in [0.717, 1.165) is 24.2 Å². The van der Waals surface area contributed by atoms with E-state index >= 15 is 0 Å². The van der Waals surface area contributed by atoms with Gasteiger partial charge in [0.15, 0.2) is 0 Å². The van der Waals surface area contributed by atoms with Gasteiger partial charge in [-0.3, -0.25) is 4.79 Å². The summed E-state index contributed by atoms with van der Waals surface area (Å²) in [6.45, 7) is 4.36. The number of benzene rings is 2. The summed E-state index contributed by atoms with van der Waals surface area (Å²) in [5.41, 5.74) is 2.61. The third-order valence-corrected chi connectivity index (χ3v) is 5.67. The second-order valence-corrected chi connectivity index (χ2v) is 8.15. The quantitative estimate of drug-likeness (QED) is 0.471. The molecule has 1 amide bonds. The number of nitrogens with zero attached hydrogens (tertiary/aromatic N) is 2. The molecule has 168 valence electrons. The van der Waals surface area contributed by atoms with E-state index in [1.54, 1.807) is 12.3 Å². The van der Waals surface area contributed by atoms with Gasteiger partial charge in [-0.2, -0.15) is 5.26 Å². The molecule has 7 heteroatoms. The van der Waals surface area contributed by atoms with E-state index in [0.29, 0.717) is 23.7 Å². The monoisotopic (exact) mass is 441 g/mol. The van der Waals surface area contributed by atoms with Gasteiger partial charge in [0, 0.05) is 19.6 Å². The fourth-order valence-corrected chi connectivity index (χ4v) is 3.57. The van der Waals surface area contributed by atoms with E-state index in [9.17, 15) is 4.79 Å². The summed E-state index contributed by atoms with van der Waals surface area (Å²) in [4.78, 5) is 17.5. The van der Waals surface area contributed by atoms with E-state index in [1.807, 2.05) is 60.7 Å². The lowest BCUT2D eigenvalue weighted by atomic mass is 9.98. The van der Waals surface area contributed by atoms with E-state index in [4.69, 9.17) is 10.00 Å². The van der Waals surface area contributed by atoms with Gasteiger partial charge in [-0.15, -0.1) is 0 Å². The molecule has 1 saturated heterocycles. The molecule has 2 atom stereocenters. The smallest absolute Gasteiger partial charge is 0.247 e. The minimum Gasteiger partial charge on any atom is -0.486 e. The van der Waals surface area contributed by atoms with Gasteiger partial charge < -0.3 is 20.7 Å². The molecule has 2 heterocycles. The molecule has 4 rings (SSSR count). The first kappa shape index (κ1) is 22.5. The van der Waals surface area contributed by atoms with E-state index < -0.39 is 6.04 Å². The molecule has 2 unspecified atom stereocenters. The first-order valence-electron chi connectivity index (χ1n) is 11.0. The Kier molecular flexibility index (Phi) is 7.30. The third-order valence-electron chi connectivity index (χ3n) is 5.67. The molecule has 0 saturated carbocycles. The average Bonchev–Trinajstić information content (AvgIpc) is 2.83. The Morgan fingerprint density at radius 1 is 1.12 bits per heavy atom. The molecule has 1 aromatic heterocycles. The molecule has 2 aromatic carbocycles. The Bertz CT molecular complexity index is 1090. The molecule has 1 aliphatic rings. The zero-order chi connectivity index (χ0) is 23.0. The maximum atomic E-state index is 13.2. The Balaban J connectivity index is 1.41. The zero-order valence-corrected chi connectivity index (χ0v) is 18.5. The van der Waals surface area contributed by atoms with Crippen molar-refractivity contribution in [2.45, 2.75) is 25.0 Å². The van der Waals surface area contributed by atoms with E-state index in [2.05, 4.69) is 33.9 Å². The van der Waals surface area contributed by atoms with Gasteiger partial charge in [0.25, 0.3) is 0 Å². The van der Waals surface area contributed by atoms with Crippen molar-refractivity contribution in [1.82, 2.24) is 15.6 Å². The number of ether oxygens (including phenoxy) is 1. The SMILES string of the molecule is CC(CNC(C(=O)Nc1ccc(OC2CNC2)cn1)c1ccccc1)c1ccc(C#N)cc1. The van der Waals surface area contributed by atoms with Crippen LogP contribution in [0.3, 0.4) is 0 Å². The molecule has 3 aromatic rings. The van der Waals surface area contributed by atoms with Crippen LogP contribution in [0.4, 0.5) is 5.82 Å². The van der Waals surface area contributed by atoms with Crippen LogP contribution in [0.2, 0.25) is 0 Å². The highest BCUT2D eigenvalue weighted by Crippen LogP contribution is 2.20. The van der Waals surface area contributed by atoms with Crippen molar-refractivity contribution in [3.05, 3.63) is 89.6 Å². The van der Waals surface area contributed by atoms with Crippen molar-refractivity contribution in [2.75, 3.05) is 25.0 Å². The molecule has 0 radical (unpaired) electrons. The number of nitriles is 1. The van der Waals surface area contributed by atoms with Crippen LogP contribution in [0.25, 0.3) is 0 Å². The minimum absolute atomic E-state index is 0.160. The predicted octanol–water partition coefficient (Wildman–Crippen LogP) is 3.38. The highest BCUT2D eigenvalue weighted by Gasteiger charge is 2.22. The minimum atomic E-state index is -0.536. The van der Waals surface area contributed by atoms with Crippen molar-refractivity contribution in [2.24, 2.45) is 0 Å². The molecule has 0 spiro atoms. The van der Waals surface area contributed by atoms with Gasteiger partial charge in [-0.05, 0) is 41.3 Å². The molecule has 1 aliphatic heterocycles. The van der Waals surface area contributed by atoms with Gasteiger partial charge in [0.2, 0.25) is 5.91 Å². The summed E-state index contributed by atoms with van der Waals surface area (Å²) in [7, 11) is 0. The molecule has 1 fully saturated rings. The standard InChI is InChI=1S/C26H27N5O2/c1-18(20-9-7-19(13-27)8-10-20)14-30-25(21-5-3-2-4-6-21)26(32)31-24-12-11-22(17-29-24)33-23-15-28-16-23/h2-12,17-18,23,25,28,30H,14-16H2,1H3,(H,29,31,32). The van der Waals surface area contributed by atoms with Crippen molar-refractivity contribution >= 4 is 11.7 Å². The number of carbonyl (C=O) groups excluding carboxylic acids is 1. The highest BCUT2D eigenvalue weighted by molar-refractivity contribution is 5.94. The number of aromatic nitrogens is 1. The Morgan fingerprint density at radius 2 is 1.88 bits per heavy atom. The van der Waals surface area contributed by atoms with Gasteiger partial charge >= 0.3 is 0 Å². The first-order chi connectivity index (χ1) is 16.1. The summed E-state index contributed by atoms with van der Waals surface area (Å²) in [5, 5.41) is 18.5. The Labute approximate surface area is 193 Å². The van der Waals surface area contributed by atoms with Gasteiger partial charge in [0.05, 0.1) is 17.8 Å². The topological polar surface area (TPSA) is 99.1 Å². The number of amides is 1. The van der Waals surface area contributed by atoms with E-state index in [1.165, 1.54) is 0 Å². The first-order valence-corrected chi connectivity index (χ1v) is 11.0. The average molecular weight is 442 g/mol. The van der Waals surface area contributed by atoms with Crippen LogP contribution < -0.4 is 20.7 Å². The highest BCUT2D eigenvalue weighted by atomic mass is 16.5. The summed E-state index contributed by atoms with van der Waals surface area (Å²) >= 11 is 0.